The number of fused-ring (bicyclic) bond motifs is 1. The molecule has 2 heterocycles. The lowest BCUT2D eigenvalue weighted by atomic mass is 9.92. The molecule has 0 atom stereocenters. The number of likely N-dealkylation sites (N-methyl/N-ethyl adjacent to an activating group) is 1. The second-order valence-electron chi connectivity index (χ2n) is 5.95. The Bertz CT molecular complexity index is 419. The van der Waals surface area contributed by atoms with Gasteiger partial charge in [0, 0.05) is 24.4 Å². The molecule has 3 nitrogen and oxygen atoms in total. The van der Waals surface area contributed by atoms with E-state index in [1.165, 1.54) is 41.3 Å². The van der Waals surface area contributed by atoms with Crippen molar-refractivity contribution in [3.05, 3.63) is 15.6 Å². The summed E-state index contributed by atoms with van der Waals surface area (Å²) in [5.41, 5.74) is 7.85. The predicted octanol–water partition coefficient (Wildman–Crippen LogP) is 2.64. The topological polar surface area (TPSA) is 42.2 Å². The molecule has 1 fully saturated rings. The molecule has 18 heavy (non-hydrogen) atoms. The first-order valence-corrected chi connectivity index (χ1v) is 7.95. The Morgan fingerprint density at radius 3 is 2.67 bits per heavy atom. The maximum absolute atomic E-state index is 6.66. The number of thiazole rings is 1. The van der Waals surface area contributed by atoms with Gasteiger partial charge in [-0.3, -0.25) is 0 Å². The first kappa shape index (κ1) is 12.6. The van der Waals surface area contributed by atoms with Crippen molar-refractivity contribution < 1.29 is 0 Å². The Morgan fingerprint density at radius 2 is 1.94 bits per heavy atom. The highest BCUT2D eigenvalue weighted by molar-refractivity contribution is 7.11. The van der Waals surface area contributed by atoms with Crippen molar-refractivity contribution in [3.8, 4) is 0 Å². The summed E-state index contributed by atoms with van der Waals surface area (Å²) < 4.78 is 0. The average Bonchev–Trinajstić information content (AvgIpc) is 2.65. The fourth-order valence-electron chi connectivity index (χ4n) is 3.11. The number of nitrogens with zero attached hydrogens (tertiary/aromatic N) is 2. The van der Waals surface area contributed by atoms with E-state index in [1.54, 1.807) is 0 Å². The van der Waals surface area contributed by atoms with Crippen LogP contribution in [0.2, 0.25) is 0 Å². The summed E-state index contributed by atoms with van der Waals surface area (Å²) in [4.78, 5) is 8.72. The number of hydrogen-bond donors (Lipinski definition) is 1. The van der Waals surface area contributed by atoms with Crippen molar-refractivity contribution in [3.63, 3.8) is 0 Å². The van der Waals surface area contributed by atoms with Crippen LogP contribution in [0, 0.1) is 0 Å². The fraction of sp³-hybridized carbons (Fsp3) is 0.786. The molecule has 0 amide bonds. The number of hydrogen-bond acceptors (Lipinski definition) is 4. The van der Waals surface area contributed by atoms with Gasteiger partial charge in [-0.2, -0.15) is 0 Å². The predicted molar refractivity (Wildman–Crippen MR) is 75.7 cm³/mol. The van der Waals surface area contributed by atoms with Crippen LogP contribution in [-0.2, 0) is 18.5 Å². The third kappa shape index (κ3) is 2.33. The highest BCUT2D eigenvalue weighted by atomic mass is 32.1. The molecule has 1 aliphatic carbocycles. The van der Waals surface area contributed by atoms with Crippen LogP contribution in [0.4, 0.5) is 0 Å². The third-order valence-corrected chi connectivity index (χ3v) is 5.65. The van der Waals surface area contributed by atoms with Crippen molar-refractivity contribution in [1.82, 2.24) is 9.88 Å². The zero-order chi connectivity index (χ0) is 12.6. The molecule has 1 aromatic rings. The van der Waals surface area contributed by atoms with E-state index in [0.717, 1.165) is 32.4 Å². The molecule has 2 N–H and O–H groups in total. The summed E-state index contributed by atoms with van der Waals surface area (Å²) >= 11 is 1.88. The van der Waals surface area contributed by atoms with Gasteiger partial charge in [-0.1, -0.05) is 25.7 Å². The average molecular weight is 265 g/mol. The largest absolute Gasteiger partial charge is 0.319 e. The van der Waals surface area contributed by atoms with Gasteiger partial charge >= 0.3 is 0 Å². The summed E-state index contributed by atoms with van der Waals surface area (Å²) in [6, 6.07) is 0. The van der Waals surface area contributed by atoms with E-state index >= 15 is 0 Å². The van der Waals surface area contributed by atoms with Gasteiger partial charge in [0.05, 0.1) is 11.2 Å². The minimum atomic E-state index is -0.128. The lowest BCUT2D eigenvalue weighted by Gasteiger charge is -2.25. The zero-order valence-electron chi connectivity index (χ0n) is 11.2. The molecular formula is C14H23N3S. The van der Waals surface area contributed by atoms with Crippen LogP contribution in [0.5, 0.6) is 0 Å². The van der Waals surface area contributed by atoms with Crippen molar-refractivity contribution in [1.29, 1.82) is 0 Å². The van der Waals surface area contributed by atoms with Crippen LogP contribution in [0.3, 0.4) is 0 Å². The highest BCUT2D eigenvalue weighted by Crippen LogP contribution is 2.38. The molecular weight excluding hydrogens is 242 g/mol. The van der Waals surface area contributed by atoms with E-state index in [-0.39, 0.29) is 5.54 Å². The van der Waals surface area contributed by atoms with Crippen molar-refractivity contribution in [2.24, 2.45) is 5.73 Å². The summed E-state index contributed by atoms with van der Waals surface area (Å²) in [5.74, 6) is 0. The van der Waals surface area contributed by atoms with Crippen LogP contribution in [0.15, 0.2) is 0 Å². The first-order chi connectivity index (χ1) is 8.67. The van der Waals surface area contributed by atoms with Crippen LogP contribution < -0.4 is 5.73 Å². The molecule has 3 rings (SSSR count). The van der Waals surface area contributed by atoms with Gasteiger partial charge in [0.15, 0.2) is 0 Å². The van der Waals surface area contributed by atoms with Crippen molar-refractivity contribution in [2.75, 3.05) is 13.6 Å². The smallest absolute Gasteiger partial charge is 0.113 e. The van der Waals surface area contributed by atoms with Crippen LogP contribution in [0.1, 0.15) is 54.1 Å². The van der Waals surface area contributed by atoms with E-state index in [2.05, 4.69) is 11.9 Å². The maximum atomic E-state index is 6.66. The molecule has 100 valence electrons. The molecule has 1 aliphatic heterocycles. The van der Waals surface area contributed by atoms with Gasteiger partial charge < -0.3 is 10.6 Å². The molecule has 0 bridgehead atoms. The van der Waals surface area contributed by atoms with E-state index < -0.39 is 0 Å². The monoisotopic (exact) mass is 265 g/mol. The van der Waals surface area contributed by atoms with E-state index in [9.17, 15) is 0 Å². The molecule has 0 radical (unpaired) electrons. The summed E-state index contributed by atoms with van der Waals surface area (Å²) in [6.07, 6.45) is 8.55. The molecule has 0 saturated heterocycles. The van der Waals surface area contributed by atoms with E-state index in [0.29, 0.717) is 0 Å². The van der Waals surface area contributed by atoms with Crippen LogP contribution in [0.25, 0.3) is 0 Å². The molecule has 1 aromatic heterocycles. The molecule has 2 aliphatic rings. The Balaban J connectivity index is 1.87. The minimum absolute atomic E-state index is 0.128. The summed E-state index contributed by atoms with van der Waals surface area (Å²) in [7, 11) is 2.19. The second kappa shape index (κ2) is 4.91. The van der Waals surface area contributed by atoms with Gasteiger partial charge in [0.25, 0.3) is 0 Å². The van der Waals surface area contributed by atoms with E-state index in [4.69, 9.17) is 10.7 Å². The molecule has 1 saturated carbocycles. The molecule has 0 unspecified atom stereocenters. The Kier molecular flexibility index (Phi) is 3.43. The van der Waals surface area contributed by atoms with Crippen molar-refractivity contribution in [2.45, 2.75) is 57.0 Å². The normalized spacial score (nSPS) is 24.6. The number of aromatic nitrogens is 1. The van der Waals surface area contributed by atoms with Crippen LogP contribution in [-0.4, -0.2) is 23.5 Å². The minimum Gasteiger partial charge on any atom is -0.319 e. The van der Waals surface area contributed by atoms with Gasteiger partial charge in [-0.25, -0.2) is 4.98 Å². The highest BCUT2D eigenvalue weighted by Gasteiger charge is 2.33. The lowest BCUT2D eigenvalue weighted by Crippen LogP contribution is -2.35. The molecule has 4 heteroatoms. The fourth-order valence-corrected chi connectivity index (χ4v) is 4.46. The SMILES string of the molecule is CN1CCc2nc(C3(N)CCCCCC3)sc2C1. The third-order valence-electron chi connectivity index (χ3n) is 4.34. The standard InChI is InChI=1S/C14H23N3S/c1-17-9-6-11-12(10-17)18-13(16-11)14(15)7-4-2-3-5-8-14/h2-10,15H2,1H3. The molecule has 0 aromatic carbocycles. The Labute approximate surface area is 113 Å². The number of rotatable bonds is 1. The lowest BCUT2D eigenvalue weighted by molar-refractivity contribution is 0.314. The summed E-state index contributed by atoms with van der Waals surface area (Å²) in [5, 5.41) is 1.21. The van der Waals surface area contributed by atoms with Gasteiger partial charge in [-0.05, 0) is 19.9 Å². The first-order valence-electron chi connectivity index (χ1n) is 7.14. The molecule has 0 spiro atoms. The maximum Gasteiger partial charge on any atom is 0.113 e. The number of nitrogens with two attached hydrogens (primary N) is 1. The Hall–Kier alpha value is -0.450. The summed E-state index contributed by atoms with van der Waals surface area (Å²) in [6.45, 7) is 2.19. The van der Waals surface area contributed by atoms with Gasteiger partial charge in [-0.15, -0.1) is 11.3 Å². The van der Waals surface area contributed by atoms with Gasteiger partial charge in [0.2, 0.25) is 0 Å². The quantitative estimate of drug-likeness (QED) is 0.794. The van der Waals surface area contributed by atoms with Crippen molar-refractivity contribution >= 4 is 11.3 Å². The Morgan fingerprint density at radius 1 is 1.22 bits per heavy atom. The van der Waals surface area contributed by atoms with E-state index in [1.807, 2.05) is 11.3 Å². The van der Waals surface area contributed by atoms with Gasteiger partial charge in [0.1, 0.15) is 5.01 Å². The second-order valence-corrected chi connectivity index (χ2v) is 7.03. The zero-order valence-corrected chi connectivity index (χ0v) is 12.1. The van der Waals surface area contributed by atoms with Crippen LogP contribution >= 0.6 is 11.3 Å².